The summed E-state index contributed by atoms with van der Waals surface area (Å²) in [5.74, 6) is 0.0418. The normalized spacial score (nSPS) is 12.1. The number of nitrogens with zero attached hydrogens (tertiary/aromatic N) is 2. The monoisotopic (exact) mass is 273 g/mol. The molecule has 1 aromatic carbocycles. The van der Waals surface area contributed by atoms with Crippen molar-refractivity contribution in [2.24, 2.45) is 0 Å². The van der Waals surface area contributed by atoms with Gasteiger partial charge in [0.15, 0.2) is 0 Å². The number of amides is 1. The van der Waals surface area contributed by atoms with Crippen molar-refractivity contribution in [3.05, 3.63) is 30.1 Å². The highest BCUT2D eigenvalue weighted by atomic mass is 16.1. The van der Waals surface area contributed by atoms with Gasteiger partial charge in [0.2, 0.25) is 5.91 Å². The van der Waals surface area contributed by atoms with Crippen LogP contribution >= 0.6 is 0 Å². The fourth-order valence-corrected chi connectivity index (χ4v) is 2.25. The quantitative estimate of drug-likeness (QED) is 0.934. The second kappa shape index (κ2) is 5.27. The minimum atomic E-state index is -0.194. The highest BCUT2D eigenvalue weighted by Gasteiger charge is 2.14. The number of carbonyl (C=O) groups excluding carboxylic acids is 1. The Morgan fingerprint density at radius 3 is 2.65 bits per heavy atom. The van der Waals surface area contributed by atoms with Crippen molar-refractivity contribution in [2.75, 3.05) is 0 Å². The molecule has 4 nitrogen and oxygen atoms in total. The van der Waals surface area contributed by atoms with Crippen LogP contribution < -0.4 is 5.32 Å². The van der Waals surface area contributed by atoms with E-state index in [1.54, 1.807) is 0 Å². The summed E-state index contributed by atoms with van der Waals surface area (Å²) in [6, 6.07) is 6.43. The van der Waals surface area contributed by atoms with Gasteiger partial charge in [-0.25, -0.2) is 4.98 Å². The molecular formula is C16H23N3O. The lowest BCUT2D eigenvalue weighted by atomic mass is 10.1. The van der Waals surface area contributed by atoms with Crippen molar-refractivity contribution in [1.82, 2.24) is 14.9 Å². The van der Waals surface area contributed by atoms with Crippen LogP contribution in [0.2, 0.25) is 0 Å². The first kappa shape index (κ1) is 14.6. The zero-order chi connectivity index (χ0) is 14.9. The number of rotatable bonds is 3. The molecule has 0 atom stereocenters. The third kappa shape index (κ3) is 3.38. The van der Waals surface area contributed by atoms with E-state index >= 15 is 0 Å². The molecule has 0 aliphatic carbocycles. The molecule has 4 heteroatoms. The van der Waals surface area contributed by atoms with E-state index in [0.29, 0.717) is 12.5 Å². The van der Waals surface area contributed by atoms with Crippen molar-refractivity contribution < 1.29 is 4.79 Å². The number of carbonyl (C=O) groups is 1. The summed E-state index contributed by atoms with van der Waals surface area (Å²) >= 11 is 0. The maximum Gasteiger partial charge on any atom is 0.224 e. The summed E-state index contributed by atoms with van der Waals surface area (Å²) in [5.41, 5.74) is 2.86. The third-order valence-corrected chi connectivity index (χ3v) is 3.07. The molecule has 108 valence electrons. The van der Waals surface area contributed by atoms with E-state index in [9.17, 15) is 4.79 Å². The van der Waals surface area contributed by atoms with Crippen LogP contribution in [0.15, 0.2) is 24.5 Å². The van der Waals surface area contributed by atoms with E-state index in [4.69, 9.17) is 0 Å². The molecule has 0 radical (unpaired) electrons. The van der Waals surface area contributed by atoms with Gasteiger partial charge in [0.1, 0.15) is 0 Å². The largest absolute Gasteiger partial charge is 0.351 e. The van der Waals surface area contributed by atoms with Crippen molar-refractivity contribution >= 4 is 16.9 Å². The Labute approximate surface area is 120 Å². The molecule has 0 aliphatic heterocycles. The molecule has 1 N–H and O–H groups in total. The number of fused-ring (bicyclic) bond motifs is 1. The van der Waals surface area contributed by atoms with Gasteiger partial charge in [-0.15, -0.1) is 0 Å². The van der Waals surface area contributed by atoms with Gasteiger partial charge in [-0.3, -0.25) is 4.79 Å². The SMILES string of the molecule is CC(C)n1cnc2cc(CC(=O)NC(C)(C)C)ccc21. The van der Waals surface area contributed by atoms with Gasteiger partial charge in [-0.1, -0.05) is 6.07 Å². The topological polar surface area (TPSA) is 46.9 Å². The molecule has 0 spiro atoms. The van der Waals surface area contributed by atoms with Crippen molar-refractivity contribution in [3.8, 4) is 0 Å². The van der Waals surface area contributed by atoms with Crippen LogP contribution in [0.5, 0.6) is 0 Å². The Kier molecular flexibility index (Phi) is 3.84. The average Bonchev–Trinajstić information content (AvgIpc) is 2.68. The summed E-state index contributed by atoms with van der Waals surface area (Å²) in [6.07, 6.45) is 2.25. The molecule has 0 bridgehead atoms. The lowest BCUT2D eigenvalue weighted by Crippen LogP contribution is -2.41. The molecule has 1 amide bonds. The predicted octanol–water partition coefficient (Wildman–Crippen LogP) is 3.07. The molecule has 20 heavy (non-hydrogen) atoms. The maximum absolute atomic E-state index is 11.9. The second-order valence-corrected chi connectivity index (χ2v) is 6.54. The Bertz CT molecular complexity index is 620. The Morgan fingerprint density at radius 1 is 1.35 bits per heavy atom. The minimum absolute atomic E-state index is 0.0418. The Hall–Kier alpha value is -1.84. The molecule has 0 aliphatic rings. The number of benzene rings is 1. The summed E-state index contributed by atoms with van der Waals surface area (Å²) < 4.78 is 2.13. The van der Waals surface area contributed by atoms with Gasteiger partial charge in [-0.05, 0) is 52.3 Å². The van der Waals surface area contributed by atoms with Crippen molar-refractivity contribution in [3.63, 3.8) is 0 Å². The molecule has 2 aromatic rings. The smallest absolute Gasteiger partial charge is 0.224 e. The minimum Gasteiger partial charge on any atom is -0.351 e. The number of nitrogens with one attached hydrogen (secondary N) is 1. The van der Waals surface area contributed by atoms with Gasteiger partial charge in [0, 0.05) is 11.6 Å². The first-order valence-electron chi connectivity index (χ1n) is 7.03. The Morgan fingerprint density at radius 2 is 2.05 bits per heavy atom. The van der Waals surface area contributed by atoms with E-state index in [1.807, 2.05) is 45.3 Å². The van der Waals surface area contributed by atoms with Crippen LogP contribution in [-0.4, -0.2) is 21.0 Å². The summed E-state index contributed by atoms with van der Waals surface area (Å²) in [7, 11) is 0. The highest BCUT2D eigenvalue weighted by Crippen LogP contribution is 2.19. The van der Waals surface area contributed by atoms with Crippen LogP contribution in [0.25, 0.3) is 11.0 Å². The number of hydrogen-bond donors (Lipinski definition) is 1. The summed E-state index contributed by atoms with van der Waals surface area (Å²) in [5, 5.41) is 2.97. The summed E-state index contributed by atoms with van der Waals surface area (Å²) in [6.45, 7) is 10.2. The number of imidazole rings is 1. The maximum atomic E-state index is 11.9. The van der Waals surface area contributed by atoms with E-state index in [1.165, 1.54) is 0 Å². The molecular weight excluding hydrogens is 250 g/mol. The van der Waals surface area contributed by atoms with Gasteiger partial charge in [0.25, 0.3) is 0 Å². The van der Waals surface area contributed by atoms with Crippen molar-refractivity contribution in [2.45, 2.75) is 52.6 Å². The number of hydrogen-bond acceptors (Lipinski definition) is 2. The van der Waals surface area contributed by atoms with Crippen LogP contribution in [-0.2, 0) is 11.2 Å². The lowest BCUT2D eigenvalue weighted by molar-refractivity contribution is -0.121. The average molecular weight is 273 g/mol. The van der Waals surface area contributed by atoms with Crippen LogP contribution in [0, 0.1) is 0 Å². The van der Waals surface area contributed by atoms with Gasteiger partial charge in [-0.2, -0.15) is 0 Å². The zero-order valence-corrected chi connectivity index (χ0v) is 12.9. The van der Waals surface area contributed by atoms with Gasteiger partial charge < -0.3 is 9.88 Å². The third-order valence-electron chi connectivity index (χ3n) is 3.07. The van der Waals surface area contributed by atoms with E-state index in [2.05, 4.69) is 28.7 Å². The summed E-state index contributed by atoms with van der Waals surface area (Å²) in [4.78, 5) is 16.4. The van der Waals surface area contributed by atoms with Crippen LogP contribution in [0.3, 0.4) is 0 Å². The fourth-order valence-electron chi connectivity index (χ4n) is 2.25. The van der Waals surface area contributed by atoms with Gasteiger partial charge >= 0.3 is 0 Å². The molecule has 1 heterocycles. The van der Waals surface area contributed by atoms with E-state index in [0.717, 1.165) is 16.6 Å². The van der Waals surface area contributed by atoms with Crippen LogP contribution in [0.4, 0.5) is 0 Å². The molecule has 0 unspecified atom stereocenters. The number of aromatic nitrogens is 2. The molecule has 2 rings (SSSR count). The first-order valence-corrected chi connectivity index (χ1v) is 7.03. The standard InChI is InChI=1S/C16H23N3O/c1-11(2)19-10-17-13-8-12(6-7-14(13)19)9-15(20)18-16(3,4)5/h6-8,10-11H,9H2,1-5H3,(H,18,20). The highest BCUT2D eigenvalue weighted by molar-refractivity contribution is 5.82. The fraction of sp³-hybridized carbons (Fsp3) is 0.500. The second-order valence-electron chi connectivity index (χ2n) is 6.54. The first-order chi connectivity index (χ1) is 9.26. The molecule has 1 aromatic heterocycles. The lowest BCUT2D eigenvalue weighted by Gasteiger charge is -2.20. The Balaban J connectivity index is 2.19. The van der Waals surface area contributed by atoms with Gasteiger partial charge in [0.05, 0.1) is 23.8 Å². The molecule has 0 saturated carbocycles. The molecule has 0 saturated heterocycles. The van der Waals surface area contributed by atoms with Crippen molar-refractivity contribution in [1.29, 1.82) is 0 Å². The van der Waals surface area contributed by atoms with Crippen LogP contribution in [0.1, 0.15) is 46.2 Å². The molecule has 0 fully saturated rings. The zero-order valence-electron chi connectivity index (χ0n) is 12.9. The van der Waals surface area contributed by atoms with E-state index < -0.39 is 0 Å². The van der Waals surface area contributed by atoms with E-state index in [-0.39, 0.29) is 11.4 Å². The predicted molar refractivity (Wildman–Crippen MR) is 81.7 cm³/mol.